The number of rotatable bonds is 3. The van der Waals surface area contributed by atoms with Gasteiger partial charge in [-0.2, -0.15) is 0 Å². The van der Waals surface area contributed by atoms with E-state index < -0.39 is 0 Å². The molecular weight excluding hydrogens is 284 g/mol. The van der Waals surface area contributed by atoms with Crippen LogP contribution in [-0.4, -0.2) is 11.4 Å². The van der Waals surface area contributed by atoms with E-state index in [1.165, 1.54) is 16.0 Å². The van der Waals surface area contributed by atoms with Crippen LogP contribution in [-0.2, 0) is 0 Å². The number of hydrogen-bond donors (Lipinski definition) is 2. The maximum absolute atomic E-state index is 5.35. The van der Waals surface area contributed by atoms with Gasteiger partial charge in [-0.15, -0.1) is 11.8 Å². The largest absolute Gasteiger partial charge is 0.332 e. The number of benzene rings is 2. The second-order valence-corrected chi connectivity index (χ2v) is 5.84. The van der Waals surface area contributed by atoms with Gasteiger partial charge in [0.1, 0.15) is 0 Å². The van der Waals surface area contributed by atoms with Gasteiger partial charge in [0.25, 0.3) is 0 Å². The van der Waals surface area contributed by atoms with Gasteiger partial charge >= 0.3 is 0 Å². The van der Waals surface area contributed by atoms with Crippen molar-refractivity contribution in [1.29, 1.82) is 0 Å². The molecule has 104 valence electrons. The van der Waals surface area contributed by atoms with Crippen LogP contribution in [0.3, 0.4) is 0 Å². The van der Waals surface area contributed by atoms with E-state index in [4.69, 9.17) is 12.2 Å². The maximum atomic E-state index is 5.35. The Labute approximate surface area is 130 Å². The molecule has 0 aromatic heterocycles. The molecule has 2 N–H and O–H groups in total. The number of nitrogens with one attached hydrogen (secondary N) is 2. The third kappa shape index (κ3) is 3.74. The van der Waals surface area contributed by atoms with Crippen LogP contribution in [0.2, 0.25) is 0 Å². The second kappa shape index (κ2) is 6.77. The molecule has 0 aliphatic carbocycles. The first-order chi connectivity index (χ1) is 9.60. The number of anilines is 2. The first kappa shape index (κ1) is 14.9. The van der Waals surface area contributed by atoms with Gasteiger partial charge in [-0.1, -0.05) is 12.1 Å². The Morgan fingerprint density at radius 3 is 2.35 bits per heavy atom. The van der Waals surface area contributed by atoms with Gasteiger partial charge in [0.2, 0.25) is 0 Å². The lowest BCUT2D eigenvalue weighted by molar-refractivity contribution is 1.34. The summed E-state index contributed by atoms with van der Waals surface area (Å²) < 4.78 is 0. The predicted octanol–water partition coefficient (Wildman–Crippen LogP) is 4.83. The van der Waals surface area contributed by atoms with Crippen molar-refractivity contribution in [3.05, 3.63) is 53.6 Å². The molecule has 2 aromatic carbocycles. The predicted molar refractivity (Wildman–Crippen MR) is 94.0 cm³/mol. The number of thioether (sulfide) groups is 1. The number of aryl methyl sites for hydroxylation is 1. The summed E-state index contributed by atoms with van der Waals surface area (Å²) in [7, 11) is 0. The summed E-state index contributed by atoms with van der Waals surface area (Å²) in [5.41, 5.74) is 4.50. The van der Waals surface area contributed by atoms with Gasteiger partial charge in [-0.25, -0.2) is 0 Å². The Morgan fingerprint density at radius 1 is 1.00 bits per heavy atom. The van der Waals surface area contributed by atoms with E-state index in [0.29, 0.717) is 5.11 Å². The highest BCUT2D eigenvalue weighted by molar-refractivity contribution is 7.98. The minimum atomic E-state index is 0.607. The van der Waals surface area contributed by atoms with Crippen LogP contribution in [0.15, 0.2) is 47.4 Å². The lowest BCUT2D eigenvalue weighted by Crippen LogP contribution is -2.19. The fourth-order valence-electron chi connectivity index (χ4n) is 1.85. The summed E-state index contributed by atoms with van der Waals surface area (Å²) in [6, 6.07) is 14.4. The molecule has 0 atom stereocenters. The Balaban J connectivity index is 2.03. The van der Waals surface area contributed by atoms with Crippen LogP contribution in [0.25, 0.3) is 0 Å². The molecule has 0 radical (unpaired) electrons. The molecule has 0 spiro atoms. The Kier molecular flexibility index (Phi) is 5.04. The lowest BCUT2D eigenvalue weighted by atomic mass is 10.1. The molecule has 0 amide bonds. The Morgan fingerprint density at radius 2 is 1.70 bits per heavy atom. The molecule has 0 unspecified atom stereocenters. The standard InChI is InChI=1S/C16H18N2S2/c1-11-5-4-6-15(12(11)2)18-16(19)17-13-7-9-14(20-3)10-8-13/h4-10H,1-3H3,(H2,17,18,19). The van der Waals surface area contributed by atoms with Crippen LogP contribution in [0.5, 0.6) is 0 Å². The Bertz CT molecular complexity index is 606. The van der Waals surface area contributed by atoms with Crippen LogP contribution in [0.4, 0.5) is 11.4 Å². The van der Waals surface area contributed by atoms with Crippen molar-refractivity contribution in [1.82, 2.24) is 0 Å². The van der Waals surface area contributed by atoms with E-state index in [2.05, 4.69) is 48.9 Å². The zero-order chi connectivity index (χ0) is 14.5. The fourth-order valence-corrected chi connectivity index (χ4v) is 2.48. The highest BCUT2D eigenvalue weighted by Crippen LogP contribution is 2.20. The number of hydrogen-bond acceptors (Lipinski definition) is 2. The average molecular weight is 302 g/mol. The summed E-state index contributed by atoms with van der Waals surface area (Å²) >= 11 is 7.08. The van der Waals surface area contributed by atoms with E-state index in [1.54, 1.807) is 11.8 Å². The van der Waals surface area contributed by atoms with Gasteiger partial charge in [0.05, 0.1) is 0 Å². The highest BCUT2D eigenvalue weighted by atomic mass is 32.2. The first-order valence-electron chi connectivity index (χ1n) is 6.38. The molecule has 0 heterocycles. The zero-order valence-corrected chi connectivity index (χ0v) is 13.5. The van der Waals surface area contributed by atoms with Gasteiger partial charge in [0.15, 0.2) is 5.11 Å². The van der Waals surface area contributed by atoms with E-state index in [1.807, 2.05) is 24.3 Å². The topological polar surface area (TPSA) is 24.1 Å². The van der Waals surface area contributed by atoms with Crippen LogP contribution in [0.1, 0.15) is 11.1 Å². The van der Waals surface area contributed by atoms with Crippen molar-refractivity contribution in [2.75, 3.05) is 16.9 Å². The quantitative estimate of drug-likeness (QED) is 0.626. The van der Waals surface area contributed by atoms with Gasteiger partial charge in [0, 0.05) is 16.3 Å². The monoisotopic (exact) mass is 302 g/mol. The lowest BCUT2D eigenvalue weighted by Gasteiger charge is -2.14. The summed E-state index contributed by atoms with van der Waals surface area (Å²) in [6.07, 6.45) is 2.06. The van der Waals surface area contributed by atoms with Crippen molar-refractivity contribution in [3.8, 4) is 0 Å². The molecule has 0 saturated carbocycles. The maximum Gasteiger partial charge on any atom is 0.175 e. The van der Waals surface area contributed by atoms with Gasteiger partial charge < -0.3 is 10.6 Å². The third-order valence-electron chi connectivity index (χ3n) is 3.20. The molecule has 2 rings (SSSR count). The molecule has 2 aromatic rings. The van der Waals surface area contributed by atoms with Crippen molar-refractivity contribution in [3.63, 3.8) is 0 Å². The smallest absolute Gasteiger partial charge is 0.175 e. The van der Waals surface area contributed by atoms with E-state index in [-0.39, 0.29) is 0 Å². The van der Waals surface area contributed by atoms with Crippen molar-refractivity contribution in [2.45, 2.75) is 18.7 Å². The van der Waals surface area contributed by atoms with Crippen LogP contribution >= 0.6 is 24.0 Å². The highest BCUT2D eigenvalue weighted by Gasteiger charge is 2.03. The van der Waals surface area contributed by atoms with Crippen LogP contribution in [0, 0.1) is 13.8 Å². The summed E-state index contributed by atoms with van der Waals surface area (Å²) in [6.45, 7) is 4.19. The molecule has 0 saturated heterocycles. The second-order valence-electron chi connectivity index (χ2n) is 4.56. The van der Waals surface area contributed by atoms with E-state index >= 15 is 0 Å². The minimum Gasteiger partial charge on any atom is -0.332 e. The summed E-state index contributed by atoms with van der Waals surface area (Å²) in [5, 5.41) is 7.05. The molecular formula is C16H18N2S2. The van der Waals surface area contributed by atoms with Crippen LogP contribution < -0.4 is 10.6 Å². The molecule has 0 fully saturated rings. The van der Waals surface area contributed by atoms with Crippen molar-refractivity contribution >= 4 is 40.5 Å². The normalized spacial score (nSPS) is 10.2. The molecule has 4 heteroatoms. The molecule has 0 aliphatic heterocycles. The van der Waals surface area contributed by atoms with Gasteiger partial charge in [-0.05, 0) is 73.8 Å². The number of thiocarbonyl (C=S) groups is 1. The van der Waals surface area contributed by atoms with E-state index in [0.717, 1.165) is 11.4 Å². The fraction of sp³-hybridized carbons (Fsp3) is 0.188. The molecule has 2 nitrogen and oxygen atoms in total. The summed E-state index contributed by atoms with van der Waals surface area (Å²) in [5.74, 6) is 0. The van der Waals surface area contributed by atoms with Crippen molar-refractivity contribution in [2.24, 2.45) is 0 Å². The first-order valence-corrected chi connectivity index (χ1v) is 8.01. The van der Waals surface area contributed by atoms with E-state index in [9.17, 15) is 0 Å². The SMILES string of the molecule is CSc1ccc(NC(=S)Nc2cccc(C)c2C)cc1. The minimum absolute atomic E-state index is 0.607. The van der Waals surface area contributed by atoms with Gasteiger partial charge in [-0.3, -0.25) is 0 Å². The molecule has 20 heavy (non-hydrogen) atoms. The average Bonchev–Trinajstić information content (AvgIpc) is 2.45. The molecule has 0 bridgehead atoms. The van der Waals surface area contributed by atoms with Crippen molar-refractivity contribution < 1.29 is 0 Å². The zero-order valence-electron chi connectivity index (χ0n) is 11.9. The Hall–Kier alpha value is -1.52. The third-order valence-corrected chi connectivity index (χ3v) is 4.15. The molecule has 0 aliphatic rings. The summed E-state index contributed by atoms with van der Waals surface area (Å²) in [4.78, 5) is 1.24.